The van der Waals surface area contributed by atoms with Gasteiger partial charge in [0.25, 0.3) is 5.91 Å². The van der Waals surface area contributed by atoms with Crippen molar-refractivity contribution in [3.63, 3.8) is 0 Å². The highest BCUT2D eigenvalue weighted by Gasteiger charge is 2.49. The third kappa shape index (κ3) is 3.70. The molecule has 7 nitrogen and oxygen atoms in total. The maximum Gasteiger partial charge on any atom is 0.254 e. The van der Waals surface area contributed by atoms with Crippen LogP contribution in [0.25, 0.3) is 11.1 Å². The number of carbonyl (C=O) groups excluding carboxylic acids is 2. The molecule has 0 aliphatic carbocycles. The molecule has 2 N–H and O–H groups in total. The van der Waals surface area contributed by atoms with Gasteiger partial charge < -0.3 is 14.9 Å². The number of aliphatic hydroxyl groups excluding tert-OH is 1. The highest BCUT2D eigenvalue weighted by Crippen LogP contribution is 2.43. The van der Waals surface area contributed by atoms with Crippen molar-refractivity contribution in [1.82, 2.24) is 15.1 Å². The molecule has 2 aromatic carbocycles. The summed E-state index contributed by atoms with van der Waals surface area (Å²) < 4.78 is 14.0. The van der Waals surface area contributed by atoms with E-state index in [1.165, 1.54) is 18.2 Å². The Hall–Kier alpha value is -3.52. The Morgan fingerprint density at radius 2 is 1.79 bits per heavy atom. The Morgan fingerprint density at radius 1 is 1.06 bits per heavy atom. The molecule has 170 valence electrons. The number of likely N-dealkylation sites (tertiary alicyclic amines) is 1. The van der Waals surface area contributed by atoms with Gasteiger partial charge in [-0.3, -0.25) is 14.7 Å². The minimum absolute atomic E-state index is 0.0183. The summed E-state index contributed by atoms with van der Waals surface area (Å²) in [6.45, 7) is 0.979. The van der Waals surface area contributed by atoms with Crippen molar-refractivity contribution >= 4 is 17.5 Å². The maximum atomic E-state index is 14.0. The number of nitrogens with zero attached hydrogens (tertiary/aromatic N) is 3. The van der Waals surface area contributed by atoms with Gasteiger partial charge in [0.05, 0.1) is 18.2 Å². The summed E-state index contributed by atoms with van der Waals surface area (Å²) in [4.78, 5) is 29.9. The van der Waals surface area contributed by atoms with Crippen LogP contribution in [0.3, 0.4) is 0 Å². The fourth-order valence-corrected chi connectivity index (χ4v) is 5.00. The molecule has 8 heteroatoms. The number of H-pyrrole nitrogens is 1. The van der Waals surface area contributed by atoms with E-state index in [1.54, 1.807) is 11.1 Å². The first-order valence-electron chi connectivity index (χ1n) is 11.1. The SMILES string of the molecule is O=C(c1cccc(F)c1CO)N1CCC2(CC1)CCN(c1ccc(-c3cn[nH]c3)cc1)C2=O. The number of hydrogen-bond donors (Lipinski definition) is 2. The lowest BCUT2D eigenvalue weighted by atomic mass is 9.77. The number of anilines is 1. The molecule has 2 saturated heterocycles. The molecule has 2 aliphatic rings. The second kappa shape index (κ2) is 8.44. The van der Waals surface area contributed by atoms with Gasteiger partial charge in [-0.05, 0) is 49.1 Å². The van der Waals surface area contributed by atoms with Crippen molar-refractivity contribution in [3.05, 3.63) is 71.8 Å². The van der Waals surface area contributed by atoms with Gasteiger partial charge in [-0.15, -0.1) is 0 Å². The Balaban J connectivity index is 1.27. The summed E-state index contributed by atoms with van der Waals surface area (Å²) >= 11 is 0. The van der Waals surface area contributed by atoms with Crippen LogP contribution in [0.2, 0.25) is 0 Å². The molecule has 3 heterocycles. The Morgan fingerprint density at radius 3 is 2.45 bits per heavy atom. The van der Waals surface area contributed by atoms with Gasteiger partial charge in [0.15, 0.2) is 0 Å². The smallest absolute Gasteiger partial charge is 0.254 e. The minimum Gasteiger partial charge on any atom is -0.392 e. The van der Waals surface area contributed by atoms with E-state index in [1.807, 2.05) is 35.4 Å². The van der Waals surface area contributed by atoms with Crippen LogP contribution >= 0.6 is 0 Å². The summed E-state index contributed by atoms with van der Waals surface area (Å²) in [5.41, 5.74) is 2.62. The molecular formula is C25H25FN4O3. The van der Waals surface area contributed by atoms with E-state index in [9.17, 15) is 19.1 Å². The second-order valence-corrected chi connectivity index (χ2v) is 8.74. The summed E-state index contributed by atoms with van der Waals surface area (Å²) in [5, 5.41) is 16.3. The van der Waals surface area contributed by atoms with Crippen LogP contribution in [-0.2, 0) is 11.4 Å². The van der Waals surface area contributed by atoms with Gasteiger partial charge in [-0.2, -0.15) is 5.10 Å². The van der Waals surface area contributed by atoms with E-state index in [4.69, 9.17) is 0 Å². The number of benzene rings is 2. The number of halogens is 1. The van der Waals surface area contributed by atoms with Crippen molar-refractivity contribution < 1.29 is 19.1 Å². The van der Waals surface area contributed by atoms with Crippen molar-refractivity contribution in [2.24, 2.45) is 5.41 Å². The molecule has 1 aromatic heterocycles. The molecule has 33 heavy (non-hydrogen) atoms. The van der Waals surface area contributed by atoms with Gasteiger partial charge in [-0.1, -0.05) is 18.2 Å². The van der Waals surface area contributed by atoms with Crippen LogP contribution in [0.5, 0.6) is 0 Å². The normalized spacial score (nSPS) is 17.7. The Kier molecular flexibility index (Phi) is 5.46. The Labute approximate surface area is 190 Å². The molecule has 2 aliphatic heterocycles. The average Bonchev–Trinajstić information content (AvgIpc) is 3.49. The van der Waals surface area contributed by atoms with E-state index in [2.05, 4.69) is 10.2 Å². The summed E-state index contributed by atoms with van der Waals surface area (Å²) in [5.74, 6) is -0.782. The maximum absolute atomic E-state index is 14.0. The van der Waals surface area contributed by atoms with Crippen LogP contribution in [-0.4, -0.2) is 51.7 Å². The summed E-state index contributed by atoms with van der Waals surface area (Å²) in [7, 11) is 0. The number of aliphatic hydroxyl groups is 1. The molecular weight excluding hydrogens is 423 g/mol. The Bertz CT molecular complexity index is 1170. The number of piperidine rings is 1. The van der Waals surface area contributed by atoms with Crippen LogP contribution in [0.15, 0.2) is 54.9 Å². The molecule has 2 amide bonds. The zero-order valence-corrected chi connectivity index (χ0v) is 18.1. The molecule has 0 bridgehead atoms. The van der Waals surface area contributed by atoms with E-state index in [0.29, 0.717) is 32.5 Å². The number of hydrogen-bond acceptors (Lipinski definition) is 4. The van der Waals surface area contributed by atoms with Crippen LogP contribution in [0, 0.1) is 11.2 Å². The molecule has 1 spiro atoms. The molecule has 2 fully saturated rings. The quantitative estimate of drug-likeness (QED) is 0.641. The van der Waals surface area contributed by atoms with Crippen LogP contribution in [0.4, 0.5) is 10.1 Å². The van der Waals surface area contributed by atoms with E-state index in [0.717, 1.165) is 23.2 Å². The zero-order chi connectivity index (χ0) is 23.0. The predicted octanol–water partition coefficient (Wildman–Crippen LogP) is 3.37. The summed E-state index contributed by atoms with van der Waals surface area (Å²) in [6.07, 6.45) is 5.48. The summed E-state index contributed by atoms with van der Waals surface area (Å²) in [6, 6.07) is 12.1. The number of carbonyl (C=O) groups is 2. The number of rotatable bonds is 4. The fourth-order valence-electron chi connectivity index (χ4n) is 5.00. The number of nitrogens with one attached hydrogen (secondary N) is 1. The molecule has 0 atom stereocenters. The lowest BCUT2D eigenvalue weighted by molar-refractivity contribution is -0.127. The van der Waals surface area contributed by atoms with Crippen molar-refractivity contribution in [2.45, 2.75) is 25.9 Å². The first kappa shape index (κ1) is 21.3. The minimum atomic E-state index is -0.586. The largest absolute Gasteiger partial charge is 0.392 e. The molecule has 0 unspecified atom stereocenters. The zero-order valence-electron chi connectivity index (χ0n) is 18.1. The molecule has 5 rings (SSSR count). The van der Waals surface area contributed by atoms with Gasteiger partial charge in [0.2, 0.25) is 5.91 Å². The third-order valence-electron chi connectivity index (χ3n) is 7.04. The van der Waals surface area contributed by atoms with E-state index in [-0.39, 0.29) is 22.9 Å². The van der Waals surface area contributed by atoms with Crippen molar-refractivity contribution in [1.29, 1.82) is 0 Å². The topological polar surface area (TPSA) is 89.5 Å². The van der Waals surface area contributed by atoms with E-state index < -0.39 is 17.8 Å². The van der Waals surface area contributed by atoms with Gasteiger partial charge in [0, 0.05) is 48.2 Å². The van der Waals surface area contributed by atoms with Crippen molar-refractivity contribution in [3.8, 4) is 11.1 Å². The van der Waals surface area contributed by atoms with Crippen molar-refractivity contribution in [2.75, 3.05) is 24.5 Å². The van der Waals surface area contributed by atoms with Gasteiger partial charge in [0.1, 0.15) is 5.82 Å². The molecule has 3 aromatic rings. The second-order valence-electron chi connectivity index (χ2n) is 8.74. The molecule has 0 saturated carbocycles. The van der Waals surface area contributed by atoms with E-state index >= 15 is 0 Å². The first-order chi connectivity index (χ1) is 16.0. The highest BCUT2D eigenvalue weighted by atomic mass is 19.1. The highest BCUT2D eigenvalue weighted by molar-refractivity contribution is 6.00. The molecule has 0 radical (unpaired) electrons. The fraction of sp³-hybridized carbons (Fsp3) is 0.320. The monoisotopic (exact) mass is 448 g/mol. The standard InChI is InChI=1S/C25H25FN4O3/c26-22-3-1-2-20(21(22)16-31)23(32)29-11-8-25(9-12-29)10-13-30(24(25)33)19-6-4-17(5-7-19)18-14-27-28-15-18/h1-7,14-15,31H,8-13,16H2,(H,27,28). The van der Waals surface area contributed by atoms with Gasteiger partial charge >= 0.3 is 0 Å². The average molecular weight is 448 g/mol. The number of aromatic nitrogens is 2. The van der Waals surface area contributed by atoms with Crippen LogP contribution in [0.1, 0.15) is 35.2 Å². The number of aromatic amines is 1. The van der Waals surface area contributed by atoms with Gasteiger partial charge in [-0.25, -0.2) is 4.39 Å². The third-order valence-corrected chi connectivity index (χ3v) is 7.04. The lowest BCUT2D eigenvalue weighted by Crippen LogP contribution is -2.47. The first-order valence-corrected chi connectivity index (χ1v) is 11.1. The number of amides is 2. The predicted molar refractivity (Wildman–Crippen MR) is 121 cm³/mol. The van der Waals surface area contributed by atoms with Crippen LogP contribution < -0.4 is 4.90 Å². The lowest BCUT2D eigenvalue weighted by Gasteiger charge is -2.38.